The van der Waals surface area contributed by atoms with Crippen LogP contribution in [-0.4, -0.2) is 6.29 Å². The third-order valence-electron chi connectivity index (χ3n) is 1.32. The van der Waals surface area contributed by atoms with Gasteiger partial charge in [-0.3, -0.25) is 0 Å². The van der Waals surface area contributed by atoms with Crippen LogP contribution in [0.15, 0.2) is 24.3 Å². The summed E-state index contributed by atoms with van der Waals surface area (Å²) in [6.07, 6.45) is 2.93. The van der Waals surface area contributed by atoms with Crippen LogP contribution in [0.25, 0.3) is 0 Å². The zero-order valence-electron chi connectivity index (χ0n) is 5.96. The van der Waals surface area contributed by atoms with E-state index in [1.165, 1.54) is 12.1 Å². The largest absolute Gasteiger partial charge is 0.303 e. The molecule has 0 atom stereocenters. The number of aldehydes is 1. The zero-order chi connectivity index (χ0) is 8.10. The lowest BCUT2D eigenvalue weighted by Crippen LogP contribution is -1.82. The van der Waals surface area contributed by atoms with E-state index in [0.29, 0.717) is 6.42 Å². The van der Waals surface area contributed by atoms with E-state index in [1.54, 1.807) is 18.6 Å². The molecule has 1 aromatic carbocycles. The van der Waals surface area contributed by atoms with Gasteiger partial charge in [0, 0.05) is 6.42 Å². The standard InChI is InChI=1S/C9H8FO/c10-9-5-3-8(4-6-9)2-1-7-11/h2-7H,1H2. The second kappa shape index (κ2) is 3.86. The Bertz CT molecular complexity index is 228. The van der Waals surface area contributed by atoms with Crippen molar-refractivity contribution in [1.82, 2.24) is 0 Å². The Morgan fingerprint density at radius 1 is 1.27 bits per heavy atom. The summed E-state index contributed by atoms with van der Waals surface area (Å²) in [4.78, 5) is 9.94. The maximum atomic E-state index is 12.3. The number of hydrogen-bond acceptors (Lipinski definition) is 1. The molecule has 0 fully saturated rings. The monoisotopic (exact) mass is 151 g/mol. The molecule has 0 aliphatic heterocycles. The molecule has 0 heterocycles. The van der Waals surface area contributed by atoms with Gasteiger partial charge >= 0.3 is 0 Å². The molecule has 0 spiro atoms. The lowest BCUT2D eigenvalue weighted by atomic mass is 10.1. The van der Waals surface area contributed by atoms with Crippen molar-refractivity contribution in [3.8, 4) is 0 Å². The van der Waals surface area contributed by atoms with Gasteiger partial charge in [0.2, 0.25) is 0 Å². The maximum absolute atomic E-state index is 12.3. The molecule has 1 nitrogen and oxygen atoms in total. The molecule has 1 aromatic rings. The lowest BCUT2D eigenvalue weighted by molar-refractivity contribution is -0.107. The van der Waals surface area contributed by atoms with Crippen molar-refractivity contribution >= 4 is 6.29 Å². The first-order valence-corrected chi connectivity index (χ1v) is 3.35. The topological polar surface area (TPSA) is 17.1 Å². The summed E-state index contributed by atoms with van der Waals surface area (Å²) in [7, 11) is 0. The number of hydrogen-bond donors (Lipinski definition) is 0. The van der Waals surface area contributed by atoms with Crippen LogP contribution < -0.4 is 0 Å². The summed E-state index contributed by atoms with van der Waals surface area (Å²) >= 11 is 0. The fourth-order valence-electron chi connectivity index (χ4n) is 0.783. The molecule has 0 N–H and O–H groups in total. The van der Waals surface area contributed by atoms with Crippen LogP contribution in [0.2, 0.25) is 0 Å². The van der Waals surface area contributed by atoms with Crippen molar-refractivity contribution in [2.45, 2.75) is 6.42 Å². The fourth-order valence-corrected chi connectivity index (χ4v) is 0.783. The van der Waals surface area contributed by atoms with E-state index in [-0.39, 0.29) is 5.82 Å². The fraction of sp³-hybridized carbons (Fsp3) is 0.111. The van der Waals surface area contributed by atoms with Crippen LogP contribution in [0.4, 0.5) is 4.39 Å². The van der Waals surface area contributed by atoms with Gasteiger partial charge < -0.3 is 4.79 Å². The number of carbonyl (C=O) groups is 1. The van der Waals surface area contributed by atoms with Crippen molar-refractivity contribution < 1.29 is 9.18 Å². The first-order valence-electron chi connectivity index (χ1n) is 3.35. The van der Waals surface area contributed by atoms with E-state index >= 15 is 0 Å². The third-order valence-corrected chi connectivity index (χ3v) is 1.32. The Labute approximate surface area is 64.9 Å². The Balaban J connectivity index is 2.58. The van der Waals surface area contributed by atoms with E-state index in [2.05, 4.69) is 0 Å². The highest BCUT2D eigenvalue weighted by Gasteiger charge is 1.92. The van der Waals surface area contributed by atoms with Crippen molar-refractivity contribution in [3.05, 3.63) is 42.1 Å². The summed E-state index contributed by atoms with van der Waals surface area (Å²) in [6.45, 7) is 0. The normalized spacial score (nSPS) is 9.55. The van der Waals surface area contributed by atoms with Crippen molar-refractivity contribution in [2.24, 2.45) is 0 Å². The molecule has 1 radical (unpaired) electrons. The average molecular weight is 151 g/mol. The van der Waals surface area contributed by atoms with Gasteiger partial charge in [0.1, 0.15) is 12.1 Å². The minimum atomic E-state index is -0.256. The average Bonchev–Trinajstić information content (AvgIpc) is 2.04. The van der Waals surface area contributed by atoms with Gasteiger partial charge in [0.05, 0.1) is 0 Å². The summed E-state index contributed by atoms with van der Waals surface area (Å²) < 4.78 is 12.3. The van der Waals surface area contributed by atoms with E-state index in [1.807, 2.05) is 0 Å². The molecule has 0 aliphatic carbocycles. The van der Waals surface area contributed by atoms with Crippen LogP contribution in [0, 0.1) is 12.2 Å². The van der Waals surface area contributed by atoms with Crippen LogP contribution >= 0.6 is 0 Å². The van der Waals surface area contributed by atoms with E-state index < -0.39 is 0 Å². The first-order chi connectivity index (χ1) is 5.33. The van der Waals surface area contributed by atoms with Gasteiger partial charge in [0.15, 0.2) is 0 Å². The summed E-state index contributed by atoms with van der Waals surface area (Å²) in [5, 5.41) is 0. The Hall–Kier alpha value is -1.18. The van der Waals surface area contributed by atoms with Gasteiger partial charge in [0.25, 0.3) is 0 Å². The van der Waals surface area contributed by atoms with E-state index in [0.717, 1.165) is 11.8 Å². The molecule has 0 saturated carbocycles. The lowest BCUT2D eigenvalue weighted by Gasteiger charge is -1.94. The summed E-state index contributed by atoms with van der Waals surface area (Å²) in [5.74, 6) is -0.256. The van der Waals surface area contributed by atoms with Crippen LogP contribution in [0.3, 0.4) is 0 Å². The second-order valence-electron chi connectivity index (χ2n) is 2.16. The molecule has 1 rings (SSSR count). The molecule has 0 saturated heterocycles. The van der Waals surface area contributed by atoms with Gasteiger partial charge in [-0.2, -0.15) is 0 Å². The van der Waals surface area contributed by atoms with Gasteiger partial charge in [-0.25, -0.2) is 4.39 Å². The highest BCUT2D eigenvalue weighted by molar-refractivity contribution is 5.53. The quantitative estimate of drug-likeness (QED) is 0.603. The molecule has 57 valence electrons. The third kappa shape index (κ3) is 2.50. The Morgan fingerprint density at radius 2 is 1.91 bits per heavy atom. The molecule has 2 heteroatoms. The minimum Gasteiger partial charge on any atom is -0.303 e. The molecule has 0 amide bonds. The molecule has 0 unspecified atom stereocenters. The Morgan fingerprint density at radius 3 is 2.45 bits per heavy atom. The van der Waals surface area contributed by atoms with Crippen LogP contribution in [0.1, 0.15) is 12.0 Å². The highest BCUT2D eigenvalue weighted by Crippen LogP contribution is 2.05. The van der Waals surface area contributed by atoms with Crippen LogP contribution in [-0.2, 0) is 4.79 Å². The van der Waals surface area contributed by atoms with Crippen molar-refractivity contribution in [2.75, 3.05) is 0 Å². The maximum Gasteiger partial charge on any atom is 0.123 e. The molecule has 11 heavy (non-hydrogen) atoms. The van der Waals surface area contributed by atoms with Gasteiger partial charge in [-0.15, -0.1) is 0 Å². The predicted octanol–water partition coefficient (Wildman–Crippen LogP) is 1.97. The number of halogens is 1. The number of carbonyl (C=O) groups excluding carboxylic acids is 1. The minimum absolute atomic E-state index is 0.256. The molecule has 0 aromatic heterocycles. The van der Waals surface area contributed by atoms with Gasteiger partial charge in [-0.05, 0) is 24.1 Å². The molecule has 0 bridgehead atoms. The first kappa shape index (κ1) is 7.92. The predicted molar refractivity (Wildman–Crippen MR) is 40.5 cm³/mol. The second-order valence-corrected chi connectivity index (χ2v) is 2.16. The Kier molecular flexibility index (Phi) is 2.78. The van der Waals surface area contributed by atoms with Crippen molar-refractivity contribution in [1.29, 1.82) is 0 Å². The van der Waals surface area contributed by atoms with Gasteiger partial charge in [-0.1, -0.05) is 12.1 Å². The molecular formula is C9H8FO. The molecular weight excluding hydrogens is 143 g/mol. The molecule has 0 aliphatic rings. The van der Waals surface area contributed by atoms with E-state index in [4.69, 9.17) is 0 Å². The van der Waals surface area contributed by atoms with E-state index in [9.17, 15) is 9.18 Å². The van der Waals surface area contributed by atoms with Crippen LogP contribution in [0.5, 0.6) is 0 Å². The summed E-state index contributed by atoms with van der Waals surface area (Å²) in [5.41, 5.74) is 0.874. The SMILES string of the molecule is O=CC[CH]c1ccc(F)cc1. The highest BCUT2D eigenvalue weighted by atomic mass is 19.1. The smallest absolute Gasteiger partial charge is 0.123 e. The summed E-state index contributed by atoms with van der Waals surface area (Å²) in [6, 6.07) is 6.02. The number of rotatable bonds is 3. The van der Waals surface area contributed by atoms with Crippen molar-refractivity contribution in [3.63, 3.8) is 0 Å². The zero-order valence-corrected chi connectivity index (χ0v) is 5.96. The number of benzene rings is 1.